The molecular formula is C16H25IN6O. The van der Waals surface area contributed by atoms with Crippen LogP contribution in [-0.2, 0) is 13.6 Å². The van der Waals surface area contributed by atoms with Gasteiger partial charge in [-0.05, 0) is 12.5 Å². The Morgan fingerprint density at radius 2 is 2.04 bits per heavy atom. The smallest absolute Gasteiger partial charge is 0.191 e. The summed E-state index contributed by atoms with van der Waals surface area (Å²) in [7, 11) is 1.89. The SMILES string of the molecule is CCNC(=NCc1nncn1C)NCC(CO)c1ccccc1.I. The van der Waals surface area contributed by atoms with Crippen molar-refractivity contribution in [3.05, 3.63) is 48.0 Å². The van der Waals surface area contributed by atoms with Gasteiger partial charge in [0, 0.05) is 26.1 Å². The highest BCUT2D eigenvalue weighted by Crippen LogP contribution is 2.13. The van der Waals surface area contributed by atoms with Crippen LogP contribution >= 0.6 is 24.0 Å². The molecule has 0 fully saturated rings. The molecule has 0 aliphatic rings. The third-order valence-electron chi connectivity index (χ3n) is 3.54. The lowest BCUT2D eigenvalue weighted by Crippen LogP contribution is -2.40. The van der Waals surface area contributed by atoms with Crippen LogP contribution < -0.4 is 10.6 Å². The van der Waals surface area contributed by atoms with Gasteiger partial charge in [0.05, 0.1) is 6.61 Å². The van der Waals surface area contributed by atoms with E-state index in [1.54, 1.807) is 6.33 Å². The third-order valence-corrected chi connectivity index (χ3v) is 3.54. The molecule has 0 amide bonds. The van der Waals surface area contributed by atoms with Crippen LogP contribution in [0.2, 0.25) is 0 Å². The van der Waals surface area contributed by atoms with E-state index in [0.717, 1.165) is 17.9 Å². The number of aliphatic hydroxyl groups excluding tert-OH is 1. The highest BCUT2D eigenvalue weighted by Gasteiger charge is 2.11. The van der Waals surface area contributed by atoms with Crippen LogP contribution in [0.4, 0.5) is 0 Å². The summed E-state index contributed by atoms with van der Waals surface area (Å²) in [5.74, 6) is 1.52. The van der Waals surface area contributed by atoms with Gasteiger partial charge in [0.15, 0.2) is 11.8 Å². The number of hydrogen-bond acceptors (Lipinski definition) is 4. The average Bonchev–Trinajstić information content (AvgIpc) is 2.99. The molecule has 132 valence electrons. The van der Waals surface area contributed by atoms with Gasteiger partial charge in [0.1, 0.15) is 12.9 Å². The number of nitrogens with one attached hydrogen (secondary N) is 2. The van der Waals surface area contributed by atoms with Crippen molar-refractivity contribution >= 4 is 29.9 Å². The van der Waals surface area contributed by atoms with Crippen LogP contribution in [0.5, 0.6) is 0 Å². The predicted octanol–water partition coefficient (Wildman–Crippen LogP) is 1.26. The fourth-order valence-corrected chi connectivity index (χ4v) is 2.17. The van der Waals surface area contributed by atoms with Gasteiger partial charge in [-0.25, -0.2) is 4.99 Å². The second-order valence-electron chi connectivity index (χ2n) is 5.22. The molecule has 0 saturated carbocycles. The molecular weight excluding hydrogens is 419 g/mol. The Labute approximate surface area is 159 Å². The number of benzene rings is 1. The van der Waals surface area contributed by atoms with Gasteiger partial charge in [0.2, 0.25) is 0 Å². The highest BCUT2D eigenvalue weighted by molar-refractivity contribution is 14.0. The van der Waals surface area contributed by atoms with E-state index in [9.17, 15) is 5.11 Å². The van der Waals surface area contributed by atoms with Crippen LogP contribution in [0.25, 0.3) is 0 Å². The molecule has 1 aromatic carbocycles. The fourth-order valence-electron chi connectivity index (χ4n) is 2.17. The van der Waals surface area contributed by atoms with Gasteiger partial charge in [-0.15, -0.1) is 34.2 Å². The Hall–Kier alpha value is -1.68. The van der Waals surface area contributed by atoms with Gasteiger partial charge in [-0.3, -0.25) is 0 Å². The zero-order valence-electron chi connectivity index (χ0n) is 14.0. The van der Waals surface area contributed by atoms with E-state index in [1.807, 2.05) is 48.9 Å². The summed E-state index contributed by atoms with van der Waals surface area (Å²) in [6, 6.07) is 9.97. The minimum Gasteiger partial charge on any atom is -0.396 e. The number of aliphatic hydroxyl groups is 1. The predicted molar refractivity (Wildman–Crippen MR) is 106 cm³/mol. The molecule has 8 heteroatoms. The van der Waals surface area contributed by atoms with Crippen molar-refractivity contribution in [3.63, 3.8) is 0 Å². The molecule has 1 heterocycles. The number of aliphatic imine (C=N–C) groups is 1. The summed E-state index contributed by atoms with van der Waals surface area (Å²) in [4.78, 5) is 4.51. The van der Waals surface area contributed by atoms with E-state index in [4.69, 9.17) is 0 Å². The van der Waals surface area contributed by atoms with Crippen LogP contribution in [0, 0.1) is 0 Å². The average molecular weight is 444 g/mol. The van der Waals surface area contributed by atoms with Crippen molar-refractivity contribution < 1.29 is 5.11 Å². The van der Waals surface area contributed by atoms with E-state index in [-0.39, 0.29) is 36.5 Å². The van der Waals surface area contributed by atoms with E-state index in [0.29, 0.717) is 19.0 Å². The lowest BCUT2D eigenvalue weighted by molar-refractivity contribution is 0.265. The molecule has 0 radical (unpaired) electrons. The second kappa shape index (κ2) is 11.0. The van der Waals surface area contributed by atoms with Crippen LogP contribution in [-0.4, -0.2) is 45.5 Å². The highest BCUT2D eigenvalue weighted by atomic mass is 127. The van der Waals surface area contributed by atoms with Crippen molar-refractivity contribution in [1.29, 1.82) is 0 Å². The minimum atomic E-state index is 0. The van der Waals surface area contributed by atoms with Crippen molar-refractivity contribution in [2.24, 2.45) is 12.0 Å². The van der Waals surface area contributed by atoms with Gasteiger partial charge in [-0.2, -0.15) is 0 Å². The molecule has 0 saturated heterocycles. The molecule has 1 unspecified atom stereocenters. The lowest BCUT2D eigenvalue weighted by atomic mass is 10.0. The van der Waals surface area contributed by atoms with Crippen LogP contribution in [0.1, 0.15) is 24.2 Å². The molecule has 24 heavy (non-hydrogen) atoms. The molecule has 1 atom stereocenters. The summed E-state index contributed by atoms with van der Waals surface area (Å²) in [6.07, 6.45) is 1.66. The molecule has 2 aromatic rings. The molecule has 1 aromatic heterocycles. The van der Waals surface area contributed by atoms with Crippen molar-refractivity contribution in [2.45, 2.75) is 19.4 Å². The van der Waals surface area contributed by atoms with Crippen molar-refractivity contribution in [2.75, 3.05) is 19.7 Å². The molecule has 0 spiro atoms. The maximum absolute atomic E-state index is 9.62. The Balaban J connectivity index is 0.00000288. The first-order chi connectivity index (χ1) is 11.2. The molecule has 0 aliphatic carbocycles. The Morgan fingerprint density at radius 1 is 1.29 bits per heavy atom. The van der Waals surface area contributed by atoms with Crippen LogP contribution in [0.15, 0.2) is 41.7 Å². The fraction of sp³-hybridized carbons (Fsp3) is 0.438. The van der Waals surface area contributed by atoms with Gasteiger partial charge in [-0.1, -0.05) is 30.3 Å². The first-order valence-corrected chi connectivity index (χ1v) is 7.75. The maximum atomic E-state index is 9.62. The Bertz CT molecular complexity index is 616. The van der Waals surface area contributed by atoms with Crippen LogP contribution in [0.3, 0.4) is 0 Å². The third kappa shape index (κ3) is 6.08. The second-order valence-corrected chi connectivity index (χ2v) is 5.22. The van der Waals surface area contributed by atoms with E-state index in [2.05, 4.69) is 25.8 Å². The largest absolute Gasteiger partial charge is 0.396 e. The molecule has 0 bridgehead atoms. The van der Waals surface area contributed by atoms with E-state index < -0.39 is 0 Å². The lowest BCUT2D eigenvalue weighted by Gasteiger charge is -2.18. The molecule has 3 N–H and O–H groups in total. The molecule has 0 aliphatic heterocycles. The van der Waals surface area contributed by atoms with Gasteiger partial charge in [0.25, 0.3) is 0 Å². The Morgan fingerprint density at radius 3 is 2.62 bits per heavy atom. The zero-order valence-corrected chi connectivity index (χ0v) is 16.3. The summed E-state index contributed by atoms with van der Waals surface area (Å²) in [6.45, 7) is 3.91. The number of guanidine groups is 1. The topological polar surface area (TPSA) is 87.4 Å². The number of rotatable bonds is 7. The minimum absolute atomic E-state index is 0. The summed E-state index contributed by atoms with van der Waals surface area (Å²) in [5.41, 5.74) is 1.10. The molecule has 7 nitrogen and oxygen atoms in total. The number of aromatic nitrogens is 3. The monoisotopic (exact) mass is 444 g/mol. The standard InChI is InChI=1S/C16H24N6O.HI/c1-3-17-16(19-10-15-21-20-12-22(15)2)18-9-14(11-23)13-7-5-4-6-8-13;/h4-8,12,14,23H,3,9-11H2,1-2H3,(H2,17,18,19);1H. The van der Waals surface area contributed by atoms with Crippen molar-refractivity contribution in [3.8, 4) is 0 Å². The summed E-state index contributed by atoms with van der Waals surface area (Å²) in [5, 5.41) is 23.9. The molecule has 2 rings (SSSR count). The quantitative estimate of drug-likeness (QED) is 0.340. The number of nitrogens with zero attached hydrogens (tertiary/aromatic N) is 4. The number of aryl methyl sites for hydroxylation is 1. The first-order valence-electron chi connectivity index (χ1n) is 7.75. The number of halogens is 1. The van der Waals surface area contributed by atoms with Gasteiger partial charge >= 0.3 is 0 Å². The maximum Gasteiger partial charge on any atom is 0.191 e. The zero-order chi connectivity index (χ0) is 16.5. The normalized spacial score (nSPS) is 12.4. The van der Waals surface area contributed by atoms with E-state index >= 15 is 0 Å². The van der Waals surface area contributed by atoms with E-state index in [1.165, 1.54) is 0 Å². The van der Waals surface area contributed by atoms with Crippen molar-refractivity contribution in [1.82, 2.24) is 25.4 Å². The first kappa shape index (κ1) is 20.4. The Kier molecular flexibility index (Phi) is 9.31. The number of hydrogen-bond donors (Lipinski definition) is 3. The summed E-state index contributed by atoms with van der Waals surface area (Å²) < 4.78 is 1.84. The van der Waals surface area contributed by atoms with Gasteiger partial charge < -0.3 is 20.3 Å². The summed E-state index contributed by atoms with van der Waals surface area (Å²) >= 11 is 0.